The molecule has 0 saturated carbocycles. The fraction of sp³-hybridized carbons (Fsp3) is 0.923. The van der Waals surface area contributed by atoms with Gasteiger partial charge in [0.15, 0.2) is 0 Å². The second-order valence-electron chi connectivity index (χ2n) is 5.19. The fourth-order valence-corrected chi connectivity index (χ4v) is 1.46. The van der Waals surface area contributed by atoms with Gasteiger partial charge in [-0.1, -0.05) is 20.8 Å². The van der Waals surface area contributed by atoms with Crippen LogP contribution in [0, 0.1) is 11.3 Å². The van der Waals surface area contributed by atoms with Crippen molar-refractivity contribution < 1.29 is 14.3 Å². The standard InChI is InChI=1S/C13H27NO3/c1-6-17-12(15)11(2)9-14-10-13(3,4)7-8-16-5/h11,14H,6-10H2,1-5H3. The zero-order valence-electron chi connectivity index (χ0n) is 11.8. The van der Waals surface area contributed by atoms with Gasteiger partial charge < -0.3 is 14.8 Å². The number of hydrogen-bond acceptors (Lipinski definition) is 4. The molecule has 0 rings (SSSR count). The summed E-state index contributed by atoms with van der Waals surface area (Å²) in [7, 11) is 1.71. The number of carbonyl (C=O) groups excluding carboxylic acids is 1. The first-order valence-electron chi connectivity index (χ1n) is 6.29. The van der Waals surface area contributed by atoms with E-state index in [4.69, 9.17) is 9.47 Å². The average molecular weight is 245 g/mol. The molecule has 0 spiro atoms. The van der Waals surface area contributed by atoms with Crippen molar-refractivity contribution in [3.63, 3.8) is 0 Å². The molecule has 4 heteroatoms. The van der Waals surface area contributed by atoms with E-state index in [9.17, 15) is 4.79 Å². The number of rotatable bonds is 9. The van der Waals surface area contributed by atoms with Crippen molar-refractivity contribution >= 4 is 5.97 Å². The summed E-state index contributed by atoms with van der Waals surface area (Å²) in [5.74, 6) is -0.220. The summed E-state index contributed by atoms with van der Waals surface area (Å²) in [6.45, 7) is 10.8. The Balaban J connectivity index is 3.78. The van der Waals surface area contributed by atoms with E-state index in [-0.39, 0.29) is 17.3 Å². The van der Waals surface area contributed by atoms with Gasteiger partial charge in [0, 0.05) is 26.8 Å². The first-order valence-corrected chi connectivity index (χ1v) is 6.29. The predicted molar refractivity (Wildman–Crippen MR) is 68.9 cm³/mol. The Labute approximate surface area is 105 Å². The van der Waals surface area contributed by atoms with Crippen LogP contribution in [0.2, 0.25) is 0 Å². The molecule has 1 unspecified atom stereocenters. The fourth-order valence-electron chi connectivity index (χ4n) is 1.46. The monoisotopic (exact) mass is 245 g/mol. The molecule has 0 aliphatic heterocycles. The Morgan fingerprint density at radius 1 is 1.41 bits per heavy atom. The summed E-state index contributed by atoms with van der Waals surface area (Å²) in [5, 5.41) is 3.32. The Hall–Kier alpha value is -0.610. The highest BCUT2D eigenvalue weighted by atomic mass is 16.5. The van der Waals surface area contributed by atoms with Crippen molar-refractivity contribution in [2.45, 2.75) is 34.1 Å². The lowest BCUT2D eigenvalue weighted by Gasteiger charge is -2.25. The lowest BCUT2D eigenvalue weighted by Crippen LogP contribution is -2.35. The van der Waals surface area contributed by atoms with Gasteiger partial charge in [0.05, 0.1) is 12.5 Å². The predicted octanol–water partition coefficient (Wildman–Crippen LogP) is 1.84. The Bertz CT molecular complexity index is 217. The van der Waals surface area contributed by atoms with Gasteiger partial charge in [0.1, 0.15) is 0 Å². The molecule has 0 aliphatic rings. The van der Waals surface area contributed by atoms with Gasteiger partial charge in [-0.15, -0.1) is 0 Å². The van der Waals surface area contributed by atoms with Crippen LogP contribution in [-0.2, 0) is 14.3 Å². The van der Waals surface area contributed by atoms with E-state index < -0.39 is 0 Å². The molecular formula is C13H27NO3. The third-order valence-corrected chi connectivity index (χ3v) is 2.73. The molecule has 1 N–H and O–H groups in total. The van der Waals surface area contributed by atoms with E-state index in [1.165, 1.54) is 0 Å². The number of hydrogen-bond donors (Lipinski definition) is 1. The Morgan fingerprint density at radius 3 is 2.59 bits per heavy atom. The summed E-state index contributed by atoms with van der Waals surface area (Å²) >= 11 is 0. The minimum absolute atomic E-state index is 0.0897. The van der Waals surface area contributed by atoms with Gasteiger partial charge in [-0.2, -0.15) is 0 Å². The second kappa shape index (κ2) is 8.48. The maximum atomic E-state index is 11.4. The third kappa shape index (κ3) is 8.16. The zero-order chi connectivity index (χ0) is 13.3. The van der Waals surface area contributed by atoms with Crippen LogP contribution in [0.3, 0.4) is 0 Å². The van der Waals surface area contributed by atoms with Gasteiger partial charge in [0.2, 0.25) is 0 Å². The molecule has 0 radical (unpaired) electrons. The second-order valence-corrected chi connectivity index (χ2v) is 5.19. The molecule has 102 valence electrons. The maximum Gasteiger partial charge on any atom is 0.309 e. The van der Waals surface area contributed by atoms with Crippen LogP contribution >= 0.6 is 0 Å². The topological polar surface area (TPSA) is 47.6 Å². The van der Waals surface area contributed by atoms with Crippen LogP contribution in [0.4, 0.5) is 0 Å². The molecule has 1 atom stereocenters. The summed E-state index contributed by atoms with van der Waals surface area (Å²) in [6, 6.07) is 0. The van der Waals surface area contributed by atoms with Gasteiger partial charge in [-0.25, -0.2) is 0 Å². The number of esters is 1. The van der Waals surface area contributed by atoms with E-state index in [1.54, 1.807) is 7.11 Å². The number of carbonyl (C=O) groups is 1. The molecule has 17 heavy (non-hydrogen) atoms. The Morgan fingerprint density at radius 2 is 2.06 bits per heavy atom. The van der Waals surface area contributed by atoms with Crippen LogP contribution in [0.25, 0.3) is 0 Å². The minimum Gasteiger partial charge on any atom is -0.466 e. The van der Waals surface area contributed by atoms with E-state index in [0.717, 1.165) is 19.6 Å². The van der Waals surface area contributed by atoms with Crippen molar-refractivity contribution in [3.8, 4) is 0 Å². The average Bonchev–Trinajstić information content (AvgIpc) is 2.26. The molecule has 0 aromatic heterocycles. The first-order chi connectivity index (χ1) is 7.93. The van der Waals surface area contributed by atoms with E-state index in [2.05, 4.69) is 19.2 Å². The third-order valence-electron chi connectivity index (χ3n) is 2.73. The number of nitrogens with one attached hydrogen (secondary N) is 1. The van der Waals surface area contributed by atoms with Gasteiger partial charge in [-0.05, 0) is 18.8 Å². The normalized spacial score (nSPS) is 13.5. The Kier molecular flexibility index (Phi) is 8.17. The molecule has 0 aromatic rings. The molecule has 0 bridgehead atoms. The molecule has 0 fully saturated rings. The minimum atomic E-state index is -0.130. The van der Waals surface area contributed by atoms with Crippen LogP contribution < -0.4 is 5.32 Å². The largest absolute Gasteiger partial charge is 0.466 e. The summed E-state index contributed by atoms with van der Waals surface area (Å²) < 4.78 is 10.0. The van der Waals surface area contributed by atoms with E-state index >= 15 is 0 Å². The number of ether oxygens (including phenoxy) is 2. The summed E-state index contributed by atoms with van der Waals surface area (Å²) in [4.78, 5) is 11.4. The zero-order valence-corrected chi connectivity index (χ0v) is 11.8. The van der Waals surface area contributed by atoms with E-state index in [1.807, 2.05) is 13.8 Å². The smallest absolute Gasteiger partial charge is 0.309 e. The molecule has 0 heterocycles. The van der Waals surface area contributed by atoms with Gasteiger partial charge in [0.25, 0.3) is 0 Å². The van der Waals surface area contributed by atoms with Gasteiger partial charge in [-0.3, -0.25) is 4.79 Å². The van der Waals surface area contributed by atoms with Gasteiger partial charge >= 0.3 is 5.97 Å². The number of methoxy groups -OCH3 is 1. The lowest BCUT2D eigenvalue weighted by atomic mass is 9.89. The molecule has 0 amide bonds. The SMILES string of the molecule is CCOC(=O)C(C)CNCC(C)(C)CCOC. The van der Waals surface area contributed by atoms with Crippen molar-refractivity contribution in [3.05, 3.63) is 0 Å². The highest BCUT2D eigenvalue weighted by Gasteiger charge is 2.19. The van der Waals surface area contributed by atoms with Crippen molar-refractivity contribution in [1.82, 2.24) is 5.32 Å². The van der Waals surface area contributed by atoms with Crippen molar-refractivity contribution in [1.29, 1.82) is 0 Å². The summed E-state index contributed by atoms with van der Waals surface area (Å²) in [6.07, 6.45) is 1.00. The first kappa shape index (κ1) is 16.4. The lowest BCUT2D eigenvalue weighted by molar-refractivity contribution is -0.147. The molecule has 0 aliphatic carbocycles. The van der Waals surface area contributed by atoms with Crippen molar-refractivity contribution in [2.24, 2.45) is 11.3 Å². The van der Waals surface area contributed by atoms with Crippen LogP contribution in [-0.4, -0.2) is 39.4 Å². The molecule has 4 nitrogen and oxygen atoms in total. The molecule has 0 saturated heterocycles. The van der Waals surface area contributed by atoms with E-state index in [0.29, 0.717) is 13.2 Å². The molecule has 0 aromatic carbocycles. The quantitative estimate of drug-likeness (QED) is 0.630. The highest BCUT2D eigenvalue weighted by molar-refractivity contribution is 5.72. The molecular weight excluding hydrogens is 218 g/mol. The highest BCUT2D eigenvalue weighted by Crippen LogP contribution is 2.18. The maximum absolute atomic E-state index is 11.4. The van der Waals surface area contributed by atoms with Crippen LogP contribution in [0.5, 0.6) is 0 Å². The summed E-state index contributed by atoms with van der Waals surface area (Å²) in [5.41, 5.74) is 0.185. The van der Waals surface area contributed by atoms with Crippen LogP contribution in [0.1, 0.15) is 34.1 Å². The van der Waals surface area contributed by atoms with Crippen LogP contribution in [0.15, 0.2) is 0 Å². The van der Waals surface area contributed by atoms with Crippen molar-refractivity contribution in [2.75, 3.05) is 33.4 Å².